The third-order valence-electron chi connectivity index (χ3n) is 7.91. The van der Waals surface area contributed by atoms with Gasteiger partial charge in [-0.1, -0.05) is 79.7 Å². The van der Waals surface area contributed by atoms with Gasteiger partial charge in [0, 0.05) is 53.0 Å². The minimum atomic E-state index is -3.03. The number of rotatable bonds is 7. The van der Waals surface area contributed by atoms with Crippen LogP contribution in [0.5, 0.6) is 0 Å². The Labute approximate surface area is 415 Å². The molecule has 1 fully saturated rings. The molecule has 2 aromatic rings. The molecule has 0 saturated carbocycles. The second-order valence-corrected chi connectivity index (χ2v) is 25.2. The van der Waals surface area contributed by atoms with Crippen LogP contribution in [-0.4, -0.2) is 84.5 Å². The van der Waals surface area contributed by atoms with Gasteiger partial charge in [-0.05, 0) is 120 Å². The molecule has 69 heavy (non-hydrogen) atoms. The van der Waals surface area contributed by atoms with Crippen molar-refractivity contribution < 1.29 is 37.2 Å². The number of nitrogen functional groups attached to an aromatic ring is 1. The van der Waals surface area contributed by atoms with Gasteiger partial charge in [0.25, 0.3) is 10.9 Å². The number of piperidine rings is 1. The number of amides is 3. The number of sulfonamides is 1. The monoisotopic (exact) mass is 996 g/mol. The van der Waals surface area contributed by atoms with Crippen molar-refractivity contribution in [2.75, 3.05) is 23.9 Å². The lowest BCUT2D eigenvalue weighted by Gasteiger charge is -2.25. The lowest BCUT2D eigenvalue weighted by molar-refractivity contribution is -0.138. The molecule has 0 radical (unpaired) electrons. The van der Waals surface area contributed by atoms with Gasteiger partial charge in [0.2, 0.25) is 15.9 Å². The molecule has 3 rings (SSSR count). The normalized spacial score (nSPS) is 13.9. The molecule has 2 aromatic carbocycles. The number of Topliss-reactive ketones (excluding diaryl/α,β-unsaturated/α-hetero) is 3. The third-order valence-corrected chi connectivity index (χ3v) is 8.89. The maximum Gasteiger partial charge on any atom is 0.309 e. The van der Waals surface area contributed by atoms with Crippen molar-refractivity contribution in [2.24, 2.45) is 16.6 Å². The van der Waals surface area contributed by atoms with E-state index in [1.165, 1.54) is 26.7 Å². The molecule has 1 atom stereocenters. The van der Waals surface area contributed by atoms with Crippen LogP contribution in [0.2, 0.25) is 0 Å². The summed E-state index contributed by atoms with van der Waals surface area (Å²) in [5, 5.41) is 11.3. The van der Waals surface area contributed by atoms with E-state index in [2.05, 4.69) is 46.8 Å². The van der Waals surface area contributed by atoms with E-state index in [-0.39, 0.29) is 69.8 Å². The minimum absolute atomic E-state index is 0. The van der Waals surface area contributed by atoms with Crippen LogP contribution in [0.1, 0.15) is 199 Å². The zero-order valence-corrected chi connectivity index (χ0v) is 46.1. The summed E-state index contributed by atoms with van der Waals surface area (Å²) in [6, 6.07) is 7.01. The standard InChI is InChI=1S/C14H18O2.C11H21NO.C8H12N2O2.C6H12N2O2.C6H13NO.C5H13NO2S.CH4/c1-10(15)11-5-7-12(8-6-11)13(16)9-14(2,3)4;1-11(2,3)8-10(13)9-6-4-5-7-12-9;1-8(2,3)10-5-4(9)6(11)7(5)12;1-6(2,3)8-5(10)4(7)9;1-5(8)7-6(2,3)4;1-5(2,3)6-9(4,7)8;/h5-8H,9H2,1-4H3;9,12H,4-8H2,1-3H3;10H,9H2,1-3H3;1-3H3,(H2,7,9)(H,8,10);1-4H3,(H,7,8);6H,1-4H3;1H4. The number of carbonyl (C=O) groups excluding carboxylic acids is 6. The van der Waals surface area contributed by atoms with Gasteiger partial charge in [-0.15, -0.1) is 0 Å². The van der Waals surface area contributed by atoms with Gasteiger partial charge in [0.05, 0.1) is 12.3 Å². The molecule has 1 unspecified atom stereocenters. The molecule has 0 aromatic heterocycles. The van der Waals surface area contributed by atoms with E-state index < -0.39 is 38.2 Å². The maximum atomic E-state index is 11.9. The van der Waals surface area contributed by atoms with E-state index in [0.717, 1.165) is 19.2 Å². The minimum Gasteiger partial charge on any atom is -0.394 e. The average Bonchev–Trinajstić information content (AvgIpc) is 3.10. The average molecular weight is 996 g/mol. The Balaban J connectivity index is -0.000000372. The summed E-state index contributed by atoms with van der Waals surface area (Å²) in [5.74, 6) is -1.12. The fourth-order valence-corrected chi connectivity index (χ4v) is 6.75. The van der Waals surface area contributed by atoms with Gasteiger partial charge in [0.15, 0.2) is 11.6 Å². The quantitative estimate of drug-likeness (QED) is 0.109. The Morgan fingerprint density at radius 2 is 1.09 bits per heavy atom. The highest BCUT2D eigenvalue weighted by Crippen LogP contribution is 2.23. The predicted octanol–water partition coefficient (Wildman–Crippen LogP) is 6.99. The molecule has 0 aliphatic carbocycles. The van der Waals surface area contributed by atoms with Crippen LogP contribution in [0.25, 0.3) is 0 Å². The molecule has 0 spiro atoms. The molecule has 3 amide bonds. The molecule has 1 aliphatic heterocycles. The molecule has 1 heterocycles. The Morgan fingerprint density at radius 3 is 1.33 bits per heavy atom. The zero-order valence-electron chi connectivity index (χ0n) is 45.3. The molecule has 1 saturated heterocycles. The second kappa shape index (κ2) is 29.4. The lowest BCUT2D eigenvalue weighted by atomic mass is 9.86. The van der Waals surface area contributed by atoms with Crippen LogP contribution in [0.4, 0.5) is 11.4 Å². The van der Waals surface area contributed by atoms with Crippen LogP contribution in [0, 0.1) is 10.8 Å². The first-order valence-electron chi connectivity index (χ1n) is 22.7. The summed E-state index contributed by atoms with van der Waals surface area (Å²) < 4.78 is 23.5. The first-order chi connectivity index (χ1) is 30.1. The van der Waals surface area contributed by atoms with Gasteiger partial charge in [-0.2, -0.15) is 0 Å². The van der Waals surface area contributed by atoms with Crippen molar-refractivity contribution in [3.63, 3.8) is 0 Å². The molecular formula is C51H93N7O10S. The number of hydrogen-bond acceptors (Lipinski definition) is 13. The summed E-state index contributed by atoms with van der Waals surface area (Å²) in [6.07, 6.45) is 5.83. The Hall–Kier alpha value is -4.81. The van der Waals surface area contributed by atoms with Gasteiger partial charge in [-0.25, -0.2) is 13.1 Å². The van der Waals surface area contributed by atoms with Gasteiger partial charge in [0.1, 0.15) is 17.2 Å². The first kappa shape index (κ1) is 70.7. The van der Waals surface area contributed by atoms with E-state index in [1.54, 1.807) is 65.8 Å². The fraction of sp³-hybridized carbons (Fsp3) is 0.686. The number of hydrogen-bond donors (Lipinski definition) is 7. The third kappa shape index (κ3) is 40.8. The van der Waals surface area contributed by atoms with Crippen LogP contribution in [-0.2, 0) is 29.2 Å². The number of benzene rings is 1. The van der Waals surface area contributed by atoms with Crippen molar-refractivity contribution in [3.8, 4) is 0 Å². The molecule has 17 nitrogen and oxygen atoms in total. The highest BCUT2D eigenvalue weighted by atomic mass is 32.2. The van der Waals surface area contributed by atoms with Crippen molar-refractivity contribution in [3.05, 3.63) is 55.8 Å². The smallest absolute Gasteiger partial charge is 0.309 e. The number of anilines is 2. The first-order valence-corrected chi connectivity index (χ1v) is 24.6. The molecular weight excluding hydrogens is 903 g/mol. The van der Waals surface area contributed by atoms with E-state index in [1.807, 2.05) is 62.3 Å². The number of nitrogens with two attached hydrogens (primary N) is 2. The number of nitrogens with one attached hydrogen (secondary N) is 5. The Bertz CT molecular complexity index is 2130. The Morgan fingerprint density at radius 1 is 0.652 bits per heavy atom. The largest absolute Gasteiger partial charge is 0.394 e. The number of ketones is 3. The topological polar surface area (TPSA) is 283 Å². The van der Waals surface area contributed by atoms with Crippen molar-refractivity contribution in [2.45, 2.75) is 206 Å². The van der Waals surface area contributed by atoms with E-state index in [9.17, 15) is 46.8 Å². The molecule has 18 heteroatoms. The zero-order chi connectivity index (χ0) is 54.6. The SMILES string of the molecule is C.CC(=O)NC(C)(C)C.CC(=O)c1ccc(C(=O)CC(C)(C)C)cc1.CC(C)(C)CC(=O)C1CCCCN1.CC(C)(C)NC(=O)C(N)=O.CC(C)(C)NS(C)(=O)=O.CC(C)(C)Nc1c(N)c(=O)c1=O. The van der Waals surface area contributed by atoms with Crippen molar-refractivity contribution in [1.82, 2.24) is 20.7 Å². The fourth-order valence-electron chi connectivity index (χ4n) is 5.64. The molecule has 9 N–H and O–H groups in total. The molecule has 0 bridgehead atoms. The molecule has 1 aliphatic rings. The summed E-state index contributed by atoms with van der Waals surface area (Å²) in [5.41, 5.74) is 9.61. The number of carbonyl (C=O) groups is 6. The van der Waals surface area contributed by atoms with Gasteiger partial charge < -0.3 is 32.7 Å². The van der Waals surface area contributed by atoms with Crippen LogP contribution in [0.3, 0.4) is 0 Å². The highest BCUT2D eigenvalue weighted by Gasteiger charge is 2.25. The van der Waals surface area contributed by atoms with Crippen LogP contribution >= 0.6 is 0 Å². The van der Waals surface area contributed by atoms with E-state index in [0.29, 0.717) is 29.8 Å². The summed E-state index contributed by atoms with van der Waals surface area (Å²) >= 11 is 0. The summed E-state index contributed by atoms with van der Waals surface area (Å²) in [4.78, 5) is 87.4. The van der Waals surface area contributed by atoms with Crippen molar-refractivity contribution in [1.29, 1.82) is 0 Å². The van der Waals surface area contributed by atoms with E-state index >= 15 is 0 Å². The highest BCUT2D eigenvalue weighted by molar-refractivity contribution is 7.88. The summed E-state index contributed by atoms with van der Waals surface area (Å²) in [6.45, 7) is 38.8. The van der Waals surface area contributed by atoms with E-state index in [4.69, 9.17) is 11.5 Å². The summed E-state index contributed by atoms with van der Waals surface area (Å²) in [7, 11) is -3.03. The molecule has 398 valence electrons. The lowest BCUT2D eigenvalue weighted by Crippen LogP contribution is -2.46. The van der Waals surface area contributed by atoms with Gasteiger partial charge in [-0.3, -0.25) is 38.4 Å². The maximum absolute atomic E-state index is 11.9. The predicted molar refractivity (Wildman–Crippen MR) is 284 cm³/mol. The van der Waals surface area contributed by atoms with Gasteiger partial charge >= 0.3 is 11.8 Å². The number of primary amides is 1. The van der Waals surface area contributed by atoms with Crippen molar-refractivity contribution >= 4 is 56.5 Å². The van der Waals surface area contributed by atoms with Crippen LogP contribution in [0.15, 0.2) is 33.9 Å². The Kier molecular flexibility index (Phi) is 30.1. The second-order valence-electron chi connectivity index (χ2n) is 23.4. The van der Waals surface area contributed by atoms with Crippen LogP contribution < -0.4 is 48.3 Å².